The summed E-state index contributed by atoms with van der Waals surface area (Å²) >= 11 is 0. The summed E-state index contributed by atoms with van der Waals surface area (Å²) in [5.74, 6) is 0.0946. The second-order valence-electron chi connectivity index (χ2n) is 5.89. The number of hydrogen-bond acceptors (Lipinski definition) is 2. The van der Waals surface area contributed by atoms with E-state index in [-0.39, 0.29) is 18.3 Å². The van der Waals surface area contributed by atoms with E-state index in [9.17, 15) is 5.11 Å². The minimum Gasteiger partial charge on any atom is -0.380 e. The molecule has 2 nitrogen and oxygen atoms in total. The van der Waals surface area contributed by atoms with E-state index in [4.69, 9.17) is 0 Å². The van der Waals surface area contributed by atoms with Gasteiger partial charge < -0.3 is 10.0 Å². The van der Waals surface area contributed by atoms with Crippen LogP contribution >= 0.6 is 12.4 Å². The Morgan fingerprint density at radius 1 is 0.870 bits per heavy atom. The molecule has 0 aliphatic carbocycles. The van der Waals surface area contributed by atoms with Crippen LogP contribution in [0, 0.1) is 5.92 Å². The van der Waals surface area contributed by atoms with E-state index >= 15 is 0 Å². The maximum absolute atomic E-state index is 11.6. The molecule has 1 atom stereocenters. The Morgan fingerprint density at radius 2 is 1.26 bits per heavy atom. The zero-order chi connectivity index (χ0) is 16.0. The second-order valence-corrected chi connectivity index (χ2v) is 5.89. The predicted octanol–water partition coefficient (Wildman–Crippen LogP) is 4.32. The lowest BCUT2D eigenvalue weighted by Crippen LogP contribution is -2.42. The molecule has 0 fully saturated rings. The highest BCUT2D eigenvalue weighted by molar-refractivity contribution is 5.85. The molecule has 1 N–H and O–H groups in total. The summed E-state index contributed by atoms with van der Waals surface area (Å²) in [6.07, 6.45) is 0. The number of benzene rings is 2. The minimum absolute atomic E-state index is 0. The van der Waals surface area contributed by atoms with Crippen molar-refractivity contribution in [3.8, 4) is 0 Å². The third kappa shape index (κ3) is 4.35. The molecule has 0 saturated carbocycles. The van der Waals surface area contributed by atoms with Crippen molar-refractivity contribution in [2.75, 3.05) is 19.6 Å². The molecule has 23 heavy (non-hydrogen) atoms. The molecule has 2 aromatic rings. The topological polar surface area (TPSA) is 23.5 Å². The monoisotopic (exact) mass is 333 g/mol. The summed E-state index contributed by atoms with van der Waals surface area (Å²) in [5, 5.41) is 11.6. The first-order valence-electron chi connectivity index (χ1n) is 8.18. The van der Waals surface area contributed by atoms with Crippen molar-refractivity contribution in [2.45, 2.75) is 26.4 Å². The predicted molar refractivity (Wildman–Crippen MR) is 100 cm³/mol. The van der Waals surface area contributed by atoms with Crippen LogP contribution in [0.3, 0.4) is 0 Å². The molecule has 0 aliphatic rings. The van der Waals surface area contributed by atoms with E-state index in [2.05, 4.69) is 25.7 Å². The minimum atomic E-state index is -0.967. The lowest BCUT2D eigenvalue weighted by atomic mass is 9.76. The van der Waals surface area contributed by atoms with Crippen molar-refractivity contribution < 1.29 is 5.11 Å². The van der Waals surface area contributed by atoms with Crippen LogP contribution in [-0.4, -0.2) is 29.6 Å². The first-order valence-corrected chi connectivity index (χ1v) is 8.18. The molecule has 0 aliphatic heterocycles. The summed E-state index contributed by atoms with van der Waals surface area (Å²) < 4.78 is 0. The average molecular weight is 334 g/mol. The van der Waals surface area contributed by atoms with Gasteiger partial charge in [0.1, 0.15) is 5.60 Å². The van der Waals surface area contributed by atoms with E-state index in [1.165, 1.54) is 0 Å². The van der Waals surface area contributed by atoms with Crippen LogP contribution in [0.2, 0.25) is 0 Å². The van der Waals surface area contributed by atoms with E-state index in [0.717, 1.165) is 30.8 Å². The summed E-state index contributed by atoms with van der Waals surface area (Å²) in [4.78, 5) is 2.36. The van der Waals surface area contributed by atoms with Crippen LogP contribution in [0.25, 0.3) is 0 Å². The molecule has 0 radical (unpaired) electrons. The Bertz CT molecular complexity index is 515. The normalized spacial score (nSPS) is 12.7. The standard InChI is InChI=1S/C20H27NO.ClH/c1-4-21(5-2)16-17(3)20(22,18-12-8-6-9-13-18)19-14-10-7-11-15-19;/h6-15,17,22H,4-5,16H2,1-3H3;1H. The van der Waals surface area contributed by atoms with Crippen LogP contribution in [0.1, 0.15) is 31.9 Å². The molecule has 0 saturated heterocycles. The Balaban J connectivity index is 0.00000264. The lowest BCUT2D eigenvalue weighted by molar-refractivity contribution is 0.00871. The van der Waals surface area contributed by atoms with Gasteiger partial charge >= 0.3 is 0 Å². The van der Waals surface area contributed by atoms with Crippen molar-refractivity contribution in [1.82, 2.24) is 4.90 Å². The largest absolute Gasteiger partial charge is 0.380 e. The number of halogens is 1. The van der Waals surface area contributed by atoms with Crippen molar-refractivity contribution >= 4 is 12.4 Å². The number of rotatable bonds is 7. The summed E-state index contributed by atoms with van der Waals surface area (Å²) in [7, 11) is 0. The van der Waals surface area contributed by atoms with Gasteiger partial charge in [0.05, 0.1) is 0 Å². The summed E-state index contributed by atoms with van der Waals surface area (Å²) in [6.45, 7) is 9.34. The highest BCUT2D eigenvalue weighted by atomic mass is 35.5. The van der Waals surface area contributed by atoms with E-state index in [1.807, 2.05) is 60.7 Å². The van der Waals surface area contributed by atoms with E-state index in [0.29, 0.717) is 0 Å². The van der Waals surface area contributed by atoms with E-state index < -0.39 is 5.60 Å². The fourth-order valence-corrected chi connectivity index (χ4v) is 3.12. The van der Waals surface area contributed by atoms with Gasteiger partial charge in [-0.1, -0.05) is 81.4 Å². The lowest BCUT2D eigenvalue weighted by Gasteiger charge is -2.38. The van der Waals surface area contributed by atoms with Gasteiger partial charge in [-0.3, -0.25) is 0 Å². The van der Waals surface area contributed by atoms with Gasteiger partial charge in [0.2, 0.25) is 0 Å². The molecule has 0 bridgehead atoms. The van der Waals surface area contributed by atoms with Crippen molar-refractivity contribution in [3.05, 3.63) is 71.8 Å². The highest BCUT2D eigenvalue weighted by Crippen LogP contribution is 2.37. The Hall–Kier alpha value is -1.35. The van der Waals surface area contributed by atoms with E-state index in [1.54, 1.807) is 0 Å². The summed E-state index contributed by atoms with van der Waals surface area (Å²) in [6, 6.07) is 20.0. The Labute approximate surface area is 146 Å². The zero-order valence-electron chi connectivity index (χ0n) is 14.3. The quantitative estimate of drug-likeness (QED) is 0.815. The zero-order valence-corrected chi connectivity index (χ0v) is 15.1. The van der Waals surface area contributed by atoms with Crippen LogP contribution in [0.5, 0.6) is 0 Å². The van der Waals surface area contributed by atoms with Gasteiger partial charge in [0.15, 0.2) is 0 Å². The molecule has 0 spiro atoms. The van der Waals surface area contributed by atoms with Crippen molar-refractivity contribution in [3.63, 3.8) is 0 Å². The fourth-order valence-electron chi connectivity index (χ4n) is 3.12. The molecule has 1 unspecified atom stereocenters. The van der Waals surface area contributed by atoms with Gasteiger partial charge in [0.25, 0.3) is 0 Å². The van der Waals surface area contributed by atoms with Crippen LogP contribution in [-0.2, 0) is 5.60 Å². The molecule has 0 heterocycles. The van der Waals surface area contributed by atoms with Crippen LogP contribution in [0.4, 0.5) is 0 Å². The van der Waals surface area contributed by atoms with Gasteiger partial charge in [-0.25, -0.2) is 0 Å². The fraction of sp³-hybridized carbons (Fsp3) is 0.400. The number of aliphatic hydroxyl groups is 1. The Morgan fingerprint density at radius 3 is 1.61 bits per heavy atom. The second kappa shape index (κ2) is 9.07. The third-order valence-corrected chi connectivity index (χ3v) is 4.57. The molecule has 2 aromatic carbocycles. The molecule has 126 valence electrons. The van der Waals surface area contributed by atoms with Gasteiger partial charge in [-0.05, 0) is 24.2 Å². The molecular weight excluding hydrogens is 306 g/mol. The molecular formula is C20H28ClNO. The maximum Gasteiger partial charge on any atom is 0.118 e. The van der Waals surface area contributed by atoms with Gasteiger partial charge in [-0.15, -0.1) is 12.4 Å². The van der Waals surface area contributed by atoms with Gasteiger partial charge in [0, 0.05) is 12.5 Å². The molecule has 3 heteroatoms. The first kappa shape index (κ1) is 19.7. The van der Waals surface area contributed by atoms with Gasteiger partial charge in [-0.2, -0.15) is 0 Å². The van der Waals surface area contributed by atoms with Crippen molar-refractivity contribution in [2.24, 2.45) is 5.92 Å². The smallest absolute Gasteiger partial charge is 0.118 e. The van der Waals surface area contributed by atoms with Crippen LogP contribution in [0.15, 0.2) is 60.7 Å². The average Bonchev–Trinajstić information content (AvgIpc) is 2.60. The summed E-state index contributed by atoms with van der Waals surface area (Å²) in [5.41, 5.74) is 0.951. The first-order chi connectivity index (χ1) is 10.6. The number of nitrogens with zero attached hydrogens (tertiary/aromatic N) is 1. The molecule has 0 amide bonds. The SMILES string of the molecule is CCN(CC)CC(C)C(O)(c1ccccc1)c1ccccc1.Cl. The molecule has 0 aromatic heterocycles. The highest BCUT2D eigenvalue weighted by Gasteiger charge is 2.37. The van der Waals surface area contributed by atoms with Crippen molar-refractivity contribution in [1.29, 1.82) is 0 Å². The molecule has 2 rings (SSSR count). The number of hydrogen-bond donors (Lipinski definition) is 1. The maximum atomic E-state index is 11.6. The third-order valence-electron chi connectivity index (χ3n) is 4.57. The Kier molecular flexibility index (Phi) is 7.77. The van der Waals surface area contributed by atoms with Crippen LogP contribution < -0.4 is 0 Å².